The quantitative estimate of drug-likeness (QED) is 0.515. The molecule has 2 amide bonds. The summed E-state index contributed by atoms with van der Waals surface area (Å²) >= 11 is 6.20. The van der Waals surface area contributed by atoms with Crippen LogP contribution in [0.4, 0.5) is 17.1 Å². The number of carbonyl (C=O) groups is 2. The lowest BCUT2D eigenvalue weighted by Gasteiger charge is -2.21. The van der Waals surface area contributed by atoms with E-state index in [9.17, 15) is 9.59 Å². The maximum Gasteiger partial charge on any atom is 0.251 e. The molecule has 6 nitrogen and oxygen atoms in total. The summed E-state index contributed by atoms with van der Waals surface area (Å²) in [7, 11) is 1.54. The van der Waals surface area contributed by atoms with Crippen LogP contribution in [0.2, 0.25) is 5.02 Å². The molecule has 1 fully saturated rings. The third-order valence-corrected chi connectivity index (χ3v) is 5.67. The van der Waals surface area contributed by atoms with E-state index >= 15 is 0 Å². The third-order valence-electron chi connectivity index (χ3n) is 5.38. The zero-order valence-corrected chi connectivity index (χ0v) is 18.4. The third kappa shape index (κ3) is 4.86. The number of hydrogen-bond donors (Lipinski definition) is 2. The number of rotatable bonds is 7. The van der Waals surface area contributed by atoms with Crippen molar-refractivity contribution in [3.05, 3.63) is 83.4 Å². The van der Waals surface area contributed by atoms with Crippen molar-refractivity contribution in [1.29, 1.82) is 0 Å². The van der Waals surface area contributed by atoms with Crippen molar-refractivity contribution in [2.45, 2.75) is 18.9 Å². The Labute approximate surface area is 192 Å². The van der Waals surface area contributed by atoms with Gasteiger partial charge in [-0.1, -0.05) is 41.9 Å². The molecule has 0 saturated carbocycles. The number of methoxy groups -OCH3 is 1. The number of nitrogens with one attached hydrogen (secondary N) is 2. The fourth-order valence-corrected chi connectivity index (χ4v) is 3.99. The number of ether oxygens (including phenoxy) is 1. The van der Waals surface area contributed by atoms with Crippen molar-refractivity contribution >= 4 is 40.5 Å². The minimum absolute atomic E-state index is 0.144. The predicted molar refractivity (Wildman–Crippen MR) is 127 cm³/mol. The Balaban J connectivity index is 1.54. The number of halogens is 1. The zero-order chi connectivity index (χ0) is 22.5. The van der Waals surface area contributed by atoms with E-state index in [1.54, 1.807) is 30.2 Å². The summed E-state index contributed by atoms with van der Waals surface area (Å²) in [6, 6.07) is 21.5. The summed E-state index contributed by atoms with van der Waals surface area (Å²) < 4.78 is 5.17. The Bertz CT molecular complexity index is 1100. The molecule has 1 aliphatic rings. The van der Waals surface area contributed by atoms with Crippen LogP contribution in [0.5, 0.6) is 5.75 Å². The van der Waals surface area contributed by atoms with Crippen molar-refractivity contribution in [1.82, 2.24) is 0 Å². The van der Waals surface area contributed by atoms with Crippen LogP contribution < -0.4 is 20.3 Å². The van der Waals surface area contributed by atoms with E-state index in [0.717, 1.165) is 29.9 Å². The largest absolute Gasteiger partial charge is 0.495 e. The first-order chi connectivity index (χ1) is 15.5. The van der Waals surface area contributed by atoms with Gasteiger partial charge in [-0.05, 0) is 54.4 Å². The monoisotopic (exact) mass is 449 g/mol. The van der Waals surface area contributed by atoms with Crippen LogP contribution in [0.15, 0.2) is 72.8 Å². The van der Waals surface area contributed by atoms with Crippen molar-refractivity contribution in [3.63, 3.8) is 0 Å². The van der Waals surface area contributed by atoms with Crippen molar-refractivity contribution in [2.24, 2.45) is 0 Å². The van der Waals surface area contributed by atoms with Gasteiger partial charge in [-0.2, -0.15) is 0 Å². The van der Waals surface area contributed by atoms with Gasteiger partial charge in [0.05, 0.1) is 12.1 Å². The van der Waals surface area contributed by atoms with Gasteiger partial charge >= 0.3 is 0 Å². The van der Waals surface area contributed by atoms with E-state index in [0.29, 0.717) is 22.9 Å². The van der Waals surface area contributed by atoms with E-state index in [2.05, 4.69) is 10.6 Å². The maximum atomic E-state index is 13.2. The van der Waals surface area contributed by atoms with E-state index in [-0.39, 0.29) is 11.8 Å². The highest BCUT2D eigenvalue weighted by Gasteiger charge is 2.23. The topological polar surface area (TPSA) is 70.7 Å². The molecule has 4 rings (SSSR count). The van der Waals surface area contributed by atoms with Gasteiger partial charge in [0, 0.05) is 30.0 Å². The Hall–Kier alpha value is -3.51. The Morgan fingerprint density at radius 1 is 1.03 bits per heavy atom. The number of hydrogen-bond acceptors (Lipinski definition) is 4. The highest BCUT2D eigenvalue weighted by Crippen LogP contribution is 2.29. The average Bonchev–Trinajstić information content (AvgIpc) is 3.24. The van der Waals surface area contributed by atoms with Crippen LogP contribution >= 0.6 is 11.6 Å². The van der Waals surface area contributed by atoms with E-state index in [4.69, 9.17) is 16.3 Å². The molecule has 3 aromatic carbocycles. The van der Waals surface area contributed by atoms with Crippen LogP contribution in [0.25, 0.3) is 0 Å². The SMILES string of the molecule is COc1ccc(NC(=O)[C@@H](Nc2ccc(N3CCCC3=O)cc2)c2ccccc2)cc1Cl. The van der Waals surface area contributed by atoms with E-state index < -0.39 is 6.04 Å². The number of anilines is 3. The molecule has 3 aromatic rings. The molecule has 1 aliphatic heterocycles. The summed E-state index contributed by atoms with van der Waals surface area (Å²) in [5, 5.41) is 6.65. The Morgan fingerprint density at radius 3 is 2.38 bits per heavy atom. The molecule has 1 heterocycles. The first kappa shape index (κ1) is 21.7. The lowest BCUT2D eigenvalue weighted by Crippen LogP contribution is -2.27. The molecule has 0 radical (unpaired) electrons. The lowest BCUT2D eigenvalue weighted by atomic mass is 10.1. The average molecular weight is 450 g/mol. The fraction of sp³-hybridized carbons (Fsp3) is 0.200. The van der Waals surface area contributed by atoms with Crippen molar-refractivity contribution in [2.75, 3.05) is 29.2 Å². The van der Waals surface area contributed by atoms with Crippen LogP contribution in [-0.2, 0) is 9.59 Å². The van der Waals surface area contributed by atoms with Gasteiger partial charge < -0.3 is 20.3 Å². The van der Waals surface area contributed by atoms with Crippen LogP contribution in [-0.4, -0.2) is 25.5 Å². The molecule has 0 bridgehead atoms. The van der Waals surface area contributed by atoms with Crippen LogP contribution in [0.1, 0.15) is 24.4 Å². The molecule has 1 saturated heterocycles. The minimum atomic E-state index is -0.628. The predicted octanol–water partition coefficient (Wildman–Crippen LogP) is 5.27. The first-order valence-electron chi connectivity index (χ1n) is 10.4. The summed E-state index contributed by atoms with van der Waals surface area (Å²) in [6.45, 7) is 0.741. The molecule has 0 unspecified atom stereocenters. The second-order valence-electron chi connectivity index (χ2n) is 7.52. The van der Waals surface area contributed by atoms with Gasteiger partial charge in [-0.15, -0.1) is 0 Å². The number of nitrogens with zero attached hydrogens (tertiary/aromatic N) is 1. The molecule has 164 valence electrons. The second-order valence-corrected chi connectivity index (χ2v) is 7.93. The number of amides is 2. The lowest BCUT2D eigenvalue weighted by molar-refractivity contribution is -0.117. The van der Waals surface area contributed by atoms with Crippen molar-refractivity contribution < 1.29 is 14.3 Å². The smallest absolute Gasteiger partial charge is 0.251 e. The molecule has 1 atom stereocenters. The van der Waals surface area contributed by atoms with Crippen LogP contribution in [0.3, 0.4) is 0 Å². The van der Waals surface area contributed by atoms with Crippen LogP contribution in [0, 0.1) is 0 Å². The molecular formula is C25H24ClN3O3. The molecular weight excluding hydrogens is 426 g/mol. The number of benzene rings is 3. The summed E-state index contributed by atoms with van der Waals surface area (Å²) in [6.07, 6.45) is 1.47. The first-order valence-corrected chi connectivity index (χ1v) is 10.8. The molecule has 0 aliphatic carbocycles. The highest BCUT2D eigenvalue weighted by atomic mass is 35.5. The van der Waals surface area contributed by atoms with Gasteiger partial charge in [0.2, 0.25) is 5.91 Å². The highest BCUT2D eigenvalue weighted by molar-refractivity contribution is 6.32. The second kappa shape index (κ2) is 9.75. The minimum Gasteiger partial charge on any atom is -0.495 e. The number of carbonyl (C=O) groups excluding carboxylic acids is 2. The van der Waals surface area contributed by atoms with Gasteiger partial charge in [-0.25, -0.2) is 0 Å². The Morgan fingerprint density at radius 2 is 1.75 bits per heavy atom. The van der Waals surface area contributed by atoms with Gasteiger partial charge in [-0.3, -0.25) is 9.59 Å². The standard InChI is InChI=1S/C25H24ClN3O3/c1-32-22-14-11-19(16-21(22)26)28-25(31)24(17-6-3-2-4-7-17)27-18-9-12-20(13-10-18)29-15-5-8-23(29)30/h2-4,6-7,9-14,16,24,27H,5,8,15H2,1H3,(H,28,31)/t24-/m0/s1. The van der Waals surface area contributed by atoms with E-state index in [1.807, 2.05) is 54.6 Å². The van der Waals surface area contributed by atoms with E-state index in [1.165, 1.54) is 0 Å². The molecule has 2 N–H and O–H groups in total. The normalized spacial score (nSPS) is 14.2. The van der Waals surface area contributed by atoms with Gasteiger partial charge in [0.15, 0.2) is 0 Å². The maximum absolute atomic E-state index is 13.2. The summed E-state index contributed by atoms with van der Waals surface area (Å²) in [4.78, 5) is 27.0. The molecule has 32 heavy (non-hydrogen) atoms. The van der Waals surface area contributed by atoms with Crippen molar-refractivity contribution in [3.8, 4) is 5.75 Å². The van der Waals surface area contributed by atoms with Gasteiger partial charge in [0.1, 0.15) is 11.8 Å². The Kier molecular flexibility index (Phi) is 6.61. The summed E-state index contributed by atoms with van der Waals surface area (Å²) in [5.41, 5.74) is 3.04. The fourth-order valence-electron chi connectivity index (χ4n) is 3.73. The van der Waals surface area contributed by atoms with Gasteiger partial charge in [0.25, 0.3) is 5.91 Å². The molecule has 0 spiro atoms. The molecule has 7 heteroatoms. The summed E-state index contributed by atoms with van der Waals surface area (Å²) in [5.74, 6) is 0.459. The zero-order valence-electron chi connectivity index (χ0n) is 17.7. The molecule has 0 aromatic heterocycles.